The van der Waals surface area contributed by atoms with Gasteiger partial charge in [-0.1, -0.05) is 6.92 Å². The quantitative estimate of drug-likeness (QED) is 0.893. The predicted molar refractivity (Wildman–Crippen MR) is 95.2 cm³/mol. The average Bonchev–Trinajstić information content (AvgIpc) is 2.98. The summed E-state index contributed by atoms with van der Waals surface area (Å²) in [4.78, 5) is 27.6. The lowest BCUT2D eigenvalue weighted by molar-refractivity contribution is -0.132. The molecule has 3 amide bonds. The second-order valence-electron chi connectivity index (χ2n) is 7.00. The summed E-state index contributed by atoms with van der Waals surface area (Å²) in [5.74, 6) is 0.884. The molecule has 1 aromatic rings. The molecule has 2 fully saturated rings. The summed E-state index contributed by atoms with van der Waals surface area (Å²) in [6.07, 6.45) is 2.42. The van der Waals surface area contributed by atoms with Gasteiger partial charge in [-0.3, -0.25) is 4.79 Å². The maximum atomic E-state index is 12.1. The normalized spacial score (nSPS) is 24.2. The van der Waals surface area contributed by atoms with Crippen LogP contribution < -0.4 is 15.5 Å². The number of nitrogens with one attached hydrogen (secondary N) is 2. The Balaban J connectivity index is 1.50. The highest BCUT2D eigenvalue weighted by atomic mass is 16.2. The Morgan fingerprint density at radius 2 is 1.92 bits per heavy atom. The average molecular weight is 330 g/mol. The van der Waals surface area contributed by atoms with Gasteiger partial charge in [-0.2, -0.15) is 0 Å². The first-order chi connectivity index (χ1) is 11.5. The molecule has 1 aromatic carbocycles. The summed E-state index contributed by atoms with van der Waals surface area (Å²) in [5.41, 5.74) is 1.99. The van der Waals surface area contributed by atoms with E-state index < -0.39 is 0 Å². The SMILES string of the molecule is C[C@H]1CCN(c2ccc(NC(=O)N[C@@H]3CCC(=O)N(C)C3)cc2)C1. The van der Waals surface area contributed by atoms with Crippen molar-refractivity contribution in [3.8, 4) is 0 Å². The summed E-state index contributed by atoms with van der Waals surface area (Å²) >= 11 is 0. The van der Waals surface area contributed by atoms with Crippen molar-refractivity contribution in [3.05, 3.63) is 24.3 Å². The summed E-state index contributed by atoms with van der Waals surface area (Å²) in [6, 6.07) is 7.79. The predicted octanol–water partition coefficient (Wildman–Crippen LogP) is 2.28. The Hall–Kier alpha value is -2.24. The highest BCUT2D eigenvalue weighted by molar-refractivity contribution is 5.90. The molecule has 2 aliphatic heterocycles. The fourth-order valence-corrected chi connectivity index (χ4v) is 3.41. The van der Waals surface area contributed by atoms with Gasteiger partial charge in [0.1, 0.15) is 0 Å². The maximum absolute atomic E-state index is 12.1. The van der Waals surface area contributed by atoms with E-state index in [9.17, 15) is 9.59 Å². The summed E-state index contributed by atoms with van der Waals surface area (Å²) in [6.45, 7) is 5.04. The molecule has 0 spiro atoms. The number of hydrogen-bond donors (Lipinski definition) is 2. The van der Waals surface area contributed by atoms with Gasteiger partial charge in [0.05, 0.1) is 0 Å². The number of amides is 3. The molecule has 6 nitrogen and oxygen atoms in total. The van der Waals surface area contributed by atoms with Gasteiger partial charge in [-0.25, -0.2) is 4.79 Å². The first-order valence-corrected chi connectivity index (χ1v) is 8.68. The van der Waals surface area contributed by atoms with Crippen molar-refractivity contribution in [1.82, 2.24) is 10.2 Å². The molecule has 0 saturated carbocycles. The highest BCUT2D eigenvalue weighted by Gasteiger charge is 2.24. The molecule has 0 aromatic heterocycles. The molecule has 0 bridgehead atoms. The number of urea groups is 1. The lowest BCUT2D eigenvalue weighted by atomic mass is 10.1. The van der Waals surface area contributed by atoms with Crippen LogP contribution in [0.4, 0.5) is 16.2 Å². The molecule has 6 heteroatoms. The number of nitrogens with zero attached hydrogens (tertiary/aromatic N) is 2. The van der Waals surface area contributed by atoms with Crippen LogP contribution >= 0.6 is 0 Å². The number of likely N-dealkylation sites (tertiary alicyclic amines) is 1. The van der Waals surface area contributed by atoms with Crippen LogP contribution in [0.2, 0.25) is 0 Å². The smallest absolute Gasteiger partial charge is 0.319 e. The molecule has 0 aliphatic carbocycles. The summed E-state index contributed by atoms with van der Waals surface area (Å²) < 4.78 is 0. The van der Waals surface area contributed by atoms with E-state index in [0.717, 1.165) is 24.7 Å². The molecule has 3 rings (SSSR count). The lowest BCUT2D eigenvalue weighted by Gasteiger charge is -2.30. The van der Waals surface area contributed by atoms with Gasteiger partial charge >= 0.3 is 6.03 Å². The molecule has 2 N–H and O–H groups in total. The van der Waals surface area contributed by atoms with Gasteiger partial charge < -0.3 is 20.4 Å². The third-order valence-corrected chi connectivity index (χ3v) is 4.88. The van der Waals surface area contributed by atoms with E-state index in [0.29, 0.717) is 19.4 Å². The van der Waals surface area contributed by atoms with Crippen LogP contribution in [-0.4, -0.2) is 49.6 Å². The van der Waals surface area contributed by atoms with E-state index in [2.05, 4.69) is 34.6 Å². The van der Waals surface area contributed by atoms with Crippen LogP contribution in [0, 0.1) is 5.92 Å². The van der Waals surface area contributed by atoms with E-state index >= 15 is 0 Å². The van der Waals surface area contributed by atoms with Crippen molar-refractivity contribution >= 4 is 23.3 Å². The summed E-state index contributed by atoms with van der Waals surface area (Å²) in [5, 5.41) is 5.81. The first kappa shape index (κ1) is 16.6. The second kappa shape index (κ2) is 7.11. The maximum Gasteiger partial charge on any atom is 0.319 e. The number of piperidine rings is 1. The van der Waals surface area contributed by atoms with Gasteiger partial charge in [0.25, 0.3) is 0 Å². The van der Waals surface area contributed by atoms with E-state index in [1.807, 2.05) is 12.1 Å². The van der Waals surface area contributed by atoms with Crippen LogP contribution in [-0.2, 0) is 4.79 Å². The minimum Gasteiger partial charge on any atom is -0.371 e. The molecule has 130 valence electrons. The third-order valence-electron chi connectivity index (χ3n) is 4.88. The molecular weight excluding hydrogens is 304 g/mol. The Kier molecular flexibility index (Phi) is 4.92. The van der Waals surface area contributed by atoms with Crippen molar-refractivity contribution in [1.29, 1.82) is 0 Å². The minimum absolute atomic E-state index is 0.0121. The monoisotopic (exact) mass is 330 g/mol. The topological polar surface area (TPSA) is 64.7 Å². The molecule has 0 unspecified atom stereocenters. The van der Waals surface area contributed by atoms with Crippen molar-refractivity contribution < 1.29 is 9.59 Å². The zero-order valence-corrected chi connectivity index (χ0v) is 14.4. The van der Waals surface area contributed by atoms with Crippen molar-refractivity contribution in [2.75, 3.05) is 36.9 Å². The fraction of sp³-hybridized carbons (Fsp3) is 0.556. The van der Waals surface area contributed by atoms with E-state index in [1.165, 1.54) is 12.1 Å². The van der Waals surface area contributed by atoms with Gasteiger partial charge in [-0.15, -0.1) is 0 Å². The van der Waals surface area contributed by atoms with Gasteiger partial charge in [0, 0.05) is 50.5 Å². The van der Waals surface area contributed by atoms with Crippen molar-refractivity contribution in [2.45, 2.75) is 32.2 Å². The van der Waals surface area contributed by atoms with Gasteiger partial charge in [-0.05, 0) is 43.0 Å². The largest absolute Gasteiger partial charge is 0.371 e. The van der Waals surface area contributed by atoms with E-state index in [1.54, 1.807) is 11.9 Å². The number of carbonyl (C=O) groups excluding carboxylic acids is 2. The highest BCUT2D eigenvalue weighted by Crippen LogP contribution is 2.24. The minimum atomic E-state index is -0.217. The number of carbonyl (C=O) groups is 2. The van der Waals surface area contributed by atoms with Crippen LogP contribution in [0.25, 0.3) is 0 Å². The van der Waals surface area contributed by atoms with Crippen LogP contribution in [0.15, 0.2) is 24.3 Å². The zero-order chi connectivity index (χ0) is 17.1. The number of likely N-dealkylation sites (N-methyl/N-ethyl adjacent to an activating group) is 1. The number of rotatable bonds is 3. The fourth-order valence-electron chi connectivity index (χ4n) is 3.41. The van der Waals surface area contributed by atoms with Crippen LogP contribution in [0.3, 0.4) is 0 Å². The van der Waals surface area contributed by atoms with E-state index in [-0.39, 0.29) is 18.0 Å². The lowest BCUT2D eigenvalue weighted by Crippen LogP contribution is -2.49. The molecule has 24 heavy (non-hydrogen) atoms. The Labute approximate surface area is 143 Å². The van der Waals surface area contributed by atoms with Gasteiger partial charge in [0.15, 0.2) is 0 Å². The Morgan fingerprint density at radius 3 is 2.54 bits per heavy atom. The van der Waals surface area contributed by atoms with Crippen LogP contribution in [0.5, 0.6) is 0 Å². The molecule has 2 aliphatic rings. The molecular formula is C18H26N4O2. The second-order valence-corrected chi connectivity index (χ2v) is 7.00. The van der Waals surface area contributed by atoms with Gasteiger partial charge in [0.2, 0.25) is 5.91 Å². The first-order valence-electron chi connectivity index (χ1n) is 8.68. The number of hydrogen-bond acceptors (Lipinski definition) is 3. The molecule has 2 saturated heterocycles. The Morgan fingerprint density at radius 1 is 1.17 bits per heavy atom. The molecule has 2 atom stereocenters. The van der Waals surface area contributed by atoms with Crippen LogP contribution in [0.1, 0.15) is 26.2 Å². The molecule has 0 radical (unpaired) electrons. The number of benzene rings is 1. The number of anilines is 2. The Bertz CT molecular complexity index is 602. The zero-order valence-electron chi connectivity index (χ0n) is 14.4. The van der Waals surface area contributed by atoms with Crippen molar-refractivity contribution in [3.63, 3.8) is 0 Å². The van der Waals surface area contributed by atoms with Crippen molar-refractivity contribution in [2.24, 2.45) is 5.92 Å². The molecule has 2 heterocycles. The standard InChI is InChI=1S/C18H26N4O2/c1-13-9-10-22(11-13)16-6-3-14(4-7-16)19-18(24)20-15-5-8-17(23)21(2)12-15/h3-4,6-7,13,15H,5,8-12H2,1-2H3,(H2,19,20,24)/t13-,15+/m0/s1. The third kappa shape index (κ3) is 3.99. The summed E-state index contributed by atoms with van der Waals surface area (Å²) in [7, 11) is 1.77. The van der Waals surface area contributed by atoms with E-state index in [4.69, 9.17) is 0 Å².